The molecule has 3 N–H and O–H groups in total. The van der Waals surface area contributed by atoms with Crippen LogP contribution in [-0.2, 0) is 0 Å². The van der Waals surface area contributed by atoms with E-state index in [-0.39, 0.29) is 28.9 Å². The number of halogens is 1. The highest BCUT2D eigenvalue weighted by atomic mass is 35.5. The van der Waals surface area contributed by atoms with Crippen LogP contribution >= 0.6 is 11.6 Å². The van der Waals surface area contributed by atoms with Crippen LogP contribution in [0.5, 0.6) is 5.75 Å². The van der Waals surface area contributed by atoms with Crippen molar-refractivity contribution < 1.29 is 9.66 Å². The number of benzene rings is 1. The van der Waals surface area contributed by atoms with Gasteiger partial charge in [0.2, 0.25) is 0 Å². The molecule has 1 aromatic rings. The second kappa shape index (κ2) is 4.61. The summed E-state index contributed by atoms with van der Waals surface area (Å²) in [5.74, 6) is -0.168. The van der Waals surface area contributed by atoms with Crippen molar-refractivity contribution in [3.8, 4) is 5.75 Å². The molecule has 1 aromatic carbocycles. The van der Waals surface area contributed by atoms with Gasteiger partial charge in [-0.1, -0.05) is 11.6 Å². The van der Waals surface area contributed by atoms with E-state index in [0.29, 0.717) is 0 Å². The summed E-state index contributed by atoms with van der Waals surface area (Å²) in [6.45, 7) is -0.192. The Morgan fingerprint density at radius 3 is 2.87 bits per heavy atom. The van der Waals surface area contributed by atoms with Crippen molar-refractivity contribution in [1.29, 1.82) is 5.41 Å². The quantitative estimate of drug-likeness (QED) is 0.354. The van der Waals surface area contributed by atoms with Gasteiger partial charge in [0.1, 0.15) is 12.4 Å². The predicted molar refractivity (Wildman–Crippen MR) is 55.5 cm³/mol. The molecule has 6 nitrogen and oxygen atoms in total. The van der Waals surface area contributed by atoms with Crippen molar-refractivity contribution in [2.24, 2.45) is 5.73 Å². The molecule has 0 radical (unpaired) electrons. The zero-order chi connectivity index (χ0) is 11.4. The molecule has 15 heavy (non-hydrogen) atoms. The Morgan fingerprint density at radius 2 is 2.33 bits per heavy atom. The fourth-order valence-corrected chi connectivity index (χ4v) is 1.08. The van der Waals surface area contributed by atoms with Crippen LogP contribution in [0.2, 0.25) is 5.02 Å². The molecule has 0 heterocycles. The third-order valence-corrected chi connectivity index (χ3v) is 1.74. The van der Waals surface area contributed by atoms with Crippen molar-refractivity contribution >= 4 is 23.1 Å². The van der Waals surface area contributed by atoms with E-state index in [1.165, 1.54) is 18.2 Å². The molecule has 80 valence electrons. The summed E-state index contributed by atoms with van der Waals surface area (Å²) < 4.78 is 4.97. The first-order valence-corrected chi connectivity index (χ1v) is 4.28. The molecule has 0 spiro atoms. The van der Waals surface area contributed by atoms with E-state index in [4.69, 9.17) is 27.5 Å². The summed E-state index contributed by atoms with van der Waals surface area (Å²) >= 11 is 5.60. The standard InChI is InChI=1S/C8H8ClN3O3/c9-5-1-2-7(15-4-8(10)11)6(3-5)12(13)14/h1-3H,4H2,(H3,10,11). The molecule has 1 rings (SSSR count). The zero-order valence-electron chi connectivity index (χ0n) is 7.57. The molecular weight excluding hydrogens is 222 g/mol. The van der Waals surface area contributed by atoms with Gasteiger partial charge in [-0.3, -0.25) is 15.5 Å². The predicted octanol–water partition coefficient (Wildman–Crippen LogP) is 1.56. The van der Waals surface area contributed by atoms with E-state index in [1.807, 2.05) is 0 Å². The van der Waals surface area contributed by atoms with Gasteiger partial charge in [0.25, 0.3) is 0 Å². The summed E-state index contributed by atoms with van der Waals surface area (Å²) in [6.07, 6.45) is 0. The Hall–Kier alpha value is -1.82. The molecule has 0 aliphatic carbocycles. The molecular formula is C8H8ClN3O3. The lowest BCUT2D eigenvalue weighted by Crippen LogP contribution is -2.19. The Bertz CT molecular complexity index is 408. The number of rotatable bonds is 4. The Balaban J connectivity index is 2.95. The molecule has 0 saturated carbocycles. The van der Waals surface area contributed by atoms with Gasteiger partial charge in [-0.2, -0.15) is 0 Å². The maximum absolute atomic E-state index is 10.6. The minimum atomic E-state index is -0.610. The van der Waals surface area contributed by atoms with Gasteiger partial charge in [0.05, 0.1) is 4.92 Å². The Kier molecular flexibility index (Phi) is 3.46. The maximum Gasteiger partial charge on any atom is 0.312 e. The highest BCUT2D eigenvalue weighted by Gasteiger charge is 2.15. The zero-order valence-corrected chi connectivity index (χ0v) is 8.32. The van der Waals surface area contributed by atoms with Crippen molar-refractivity contribution in [3.63, 3.8) is 0 Å². The molecule has 0 aromatic heterocycles. The largest absolute Gasteiger partial charge is 0.479 e. The first kappa shape index (κ1) is 11.3. The third-order valence-electron chi connectivity index (χ3n) is 1.50. The molecule has 0 saturated heterocycles. The highest BCUT2D eigenvalue weighted by Crippen LogP contribution is 2.29. The van der Waals surface area contributed by atoms with Crippen LogP contribution in [0.1, 0.15) is 0 Å². The van der Waals surface area contributed by atoms with E-state index < -0.39 is 4.92 Å². The molecule has 0 bridgehead atoms. The summed E-state index contributed by atoms with van der Waals surface area (Å²) in [5, 5.41) is 17.8. The van der Waals surface area contributed by atoms with Crippen molar-refractivity contribution in [3.05, 3.63) is 33.3 Å². The molecule has 7 heteroatoms. The second-order valence-electron chi connectivity index (χ2n) is 2.68. The number of nitrogens with zero attached hydrogens (tertiary/aromatic N) is 1. The Labute approximate surface area is 90.3 Å². The fraction of sp³-hybridized carbons (Fsp3) is 0.125. The van der Waals surface area contributed by atoms with Gasteiger partial charge < -0.3 is 10.5 Å². The van der Waals surface area contributed by atoms with Gasteiger partial charge in [-0.05, 0) is 12.1 Å². The van der Waals surface area contributed by atoms with E-state index in [0.717, 1.165) is 0 Å². The monoisotopic (exact) mass is 229 g/mol. The van der Waals surface area contributed by atoms with Crippen LogP contribution < -0.4 is 10.5 Å². The molecule has 0 fully saturated rings. The number of amidine groups is 1. The first-order valence-electron chi connectivity index (χ1n) is 3.90. The number of ether oxygens (including phenoxy) is 1. The van der Waals surface area contributed by atoms with Gasteiger partial charge >= 0.3 is 5.69 Å². The maximum atomic E-state index is 10.6. The van der Waals surface area contributed by atoms with Gasteiger partial charge in [-0.15, -0.1) is 0 Å². The van der Waals surface area contributed by atoms with Crippen molar-refractivity contribution in [2.75, 3.05) is 6.61 Å². The van der Waals surface area contributed by atoms with Gasteiger partial charge in [0.15, 0.2) is 5.75 Å². The second-order valence-corrected chi connectivity index (χ2v) is 3.12. The van der Waals surface area contributed by atoms with Crippen LogP contribution in [-0.4, -0.2) is 17.4 Å². The van der Waals surface area contributed by atoms with Crippen LogP contribution in [0.25, 0.3) is 0 Å². The van der Waals surface area contributed by atoms with E-state index in [9.17, 15) is 10.1 Å². The number of hydrogen-bond acceptors (Lipinski definition) is 4. The average molecular weight is 230 g/mol. The number of hydrogen-bond donors (Lipinski definition) is 2. The van der Waals surface area contributed by atoms with Crippen LogP contribution in [0, 0.1) is 15.5 Å². The van der Waals surface area contributed by atoms with E-state index in [2.05, 4.69) is 0 Å². The molecule has 0 unspecified atom stereocenters. The minimum absolute atomic E-state index is 0.0413. The SMILES string of the molecule is N=C(N)COc1ccc(Cl)cc1[N+](=O)[O-]. The normalized spacial score (nSPS) is 9.67. The number of nitrogens with two attached hydrogens (primary N) is 1. The van der Waals surface area contributed by atoms with Gasteiger partial charge in [0, 0.05) is 11.1 Å². The lowest BCUT2D eigenvalue weighted by atomic mass is 10.3. The van der Waals surface area contributed by atoms with E-state index in [1.54, 1.807) is 0 Å². The van der Waals surface area contributed by atoms with Crippen molar-refractivity contribution in [1.82, 2.24) is 0 Å². The molecule has 0 aliphatic heterocycles. The Morgan fingerprint density at radius 1 is 1.67 bits per heavy atom. The van der Waals surface area contributed by atoms with Crippen LogP contribution in [0.15, 0.2) is 18.2 Å². The average Bonchev–Trinajstić information content (AvgIpc) is 2.15. The molecule has 0 aliphatic rings. The summed E-state index contributed by atoms with van der Waals surface area (Å²) in [4.78, 5) is 9.99. The lowest BCUT2D eigenvalue weighted by molar-refractivity contribution is -0.385. The van der Waals surface area contributed by atoms with Crippen LogP contribution in [0.4, 0.5) is 5.69 Å². The topological polar surface area (TPSA) is 102 Å². The lowest BCUT2D eigenvalue weighted by Gasteiger charge is -2.05. The first-order chi connectivity index (χ1) is 7.00. The number of nitro benzene ring substituents is 1. The van der Waals surface area contributed by atoms with Crippen molar-refractivity contribution in [2.45, 2.75) is 0 Å². The number of nitro groups is 1. The summed E-state index contributed by atoms with van der Waals surface area (Å²) in [5.41, 5.74) is 4.81. The third kappa shape index (κ3) is 3.10. The van der Waals surface area contributed by atoms with Crippen LogP contribution in [0.3, 0.4) is 0 Å². The summed E-state index contributed by atoms with van der Waals surface area (Å²) in [6, 6.07) is 4.00. The summed E-state index contributed by atoms with van der Waals surface area (Å²) in [7, 11) is 0. The molecule has 0 atom stereocenters. The fourth-order valence-electron chi connectivity index (χ4n) is 0.911. The molecule has 0 amide bonds. The van der Waals surface area contributed by atoms with E-state index >= 15 is 0 Å². The minimum Gasteiger partial charge on any atom is -0.479 e. The number of nitrogens with one attached hydrogen (secondary N) is 1. The highest BCUT2D eigenvalue weighted by molar-refractivity contribution is 6.30. The smallest absolute Gasteiger partial charge is 0.312 e. The van der Waals surface area contributed by atoms with Gasteiger partial charge in [-0.25, -0.2) is 0 Å².